The van der Waals surface area contributed by atoms with Crippen molar-refractivity contribution < 1.29 is 0 Å². The average molecular weight is 219 g/mol. The van der Waals surface area contributed by atoms with Gasteiger partial charge in [-0.25, -0.2) is 0 Å². The molecule has 0 aliphatic heterocycles. The molecule has 4 bridgehead atoms. The molecule has 16 heavy (non-hydrogen) atoms. The molecule has 0 aromatic rings. The third-order valence-electron chi connectivity index (χ3n) is 6.06. The van der Waals surface area contributed by atoms with Crippen LogP contribution in [0.15, 0.2) is 0 Å². The van der Waals surface area contributed by atoms with Crippen LogP contribution >= 0.6 is 0 Å². The Balaban J connectivity index is 1.52. The van der Waals surface area contributed by atoms with E-state index < -0.39 is 0 Å². The minimum absolute atomic E-state index is 0.552. The summed E-state index contributed by atoms with van der Waals surface area (Å²) in [6.07, 6.45) is 13.5. The van der Waals surface area contributed by atoms with Gasteiger partial charge in [0.05, 0.1) is 0 Å². The van der Waals surface area contributed by atoms with Crippen LogP contribution in [0.4, 0.5) is 0 Å². The highest BCUT2D eigenvalue weighted by Crippen LogP contribution is 2.62. The lowest BCUT2D eigenvalue weighted by molar-refractivity contribution is -0.0612. The van der Waals surface area contributed by atoms with E-state index in [0.29, 0.717) is 6.04 Å². The average Bonchev–Trinajstić information content (AvgIpc) is 2.96. The monoisotopic (exact) mass is 219 g/mol. The van der Waals surface area contributed by atoms with Gasteiger partial charge in [0.1, 0.15) is 0 Å². The van der Waals surface area contributed by atoms with Crippen molar-refractivity contribution in [1.29, 1.82) is 0 Å². The third-order valence-corrected chi connectivity index (χ3v) is 6.06. The number of nitrogens with two attached hydrogens (primary N) is 1. The highest BCUT2D eigenvalue weighted by molar-refractivity contribution is 5.03. The Hall–Kier alpha value is -0.0400. The van der Waals surface area contributed by atoms with E-state index in [0.717, 1.165) is 29.1 Å². The molecule has 1 unspecified atom stereocenters. The Morgan fingerprint density at radius 1 is 0.938 bits per heavy atom. The lowest BCUT2D eigenvalue weighted by Gasteiger charge is -2.57. The van der Waals surface area contributed by atoms with E-state index in [-0.39, 0.29) is 0 Å². The van der Waals surface area contributed by atoms with Crippen molar-refractivity contribution in [2.45, 2.75) is 63.8 Å². The highest BCUT2D eigenvalue weighted by atomic mass is 14.7. The maximum Gasteiger partial charge on any atom is 0.00724 e. The lowest BCUT2D eigenvalue weighted by atomic mass is 9.48. The summed E-state index contributed by atoms with van der Waals surface area (Å²) in [6, 6.07) is 0.552. The van der Waals surface area contributed by atoms with Gasteiger partial charge in [0.15, 0.2) is 0 Å². The fourth-order valence-corrected chi connectivity index (χ4v) is 5.73. The Morgan fingerprint density at radius 2 is 1.44 bits per heavy atom. The Bertz CT molecular complexity index is 257. The van der Waals surface area contributed by atoms with Gasteiger partial charge in [-0.2, -0.15) is 0 Å². The second-order valence-electron chi connectivity index (χ2n) is 7.62. The van der Waals surface area contributed by atoms with Crippen LogP contribution in [-0.4, -0.2) is 6.04 Å². The zero-order valence-corrected chi connectivity index (χ0v) is 10.3. The van der Waals surface area contributed by atoms with Gasteiger partial charge in [0.25, 0.3) is 0 Å². The molecule has 1 heteroatoms. The van der Waals surface area contributed by atoms with Crippen molar-refractivity contribution in [2.24, 2.45) is 34.8 Å². The summed E-state index contributed by atoms with van der Waals surface area (Å²) in [5.41, 5.74) is 7.12. The first-order valence-electron chi connectivity index (χ1n) is 7.48. The van der Waals surface area contributed by atoms with Crippen LogP contribution in [0.2, 0.25) is 0 Å². The minimum atomic E-state index is 0.552. The molecule has 0 saturated heterocycles. The van der Waals surface area contributed by atoms with Gasteiger partial charge in [0.2, 0.25) is 0 Å². The molecule has 5 fully saturated rings. The van der Waals surface area contributed by atoms with Gasteiger partial charge >= 0.3 is 0 Å². The zero-order valence-electron chi connectivity index (χ0n) is 10.3. The van der Waals surface area contributed by atoms with E-state index in [9.17, 15) is 0 Å². The zero-order chi connectivity index (χ0) is 10.8. The maximum atomic E-state index is 6.40. The van der Waals surface area contributed by atoms with E-state index in [1.165, 1.54) is 19.3 Å². The van der Waals surface area contributed by atoms with Crippen LogP contribution in [-0.2, 0) is 0 Å². The van der Waals surface area contributed by atoms with Crippen LogP contribution in [0.3, 0.4) is 0 Å². The maximum absolute atomic E-state index is 6.40. The number of hydrogen-bond donors (Lipinski definition) is 1. The molecule has 0 heterocycles. The first kappa shape index (κ1) is 9.94. The van der Waals surface area contributed by atoms with E-state index >= 15 is 0 Å². The fourth-order valence-electron chi connectivity index (χ4n) is 5.73. The first-order chi connectivity index (χ1) is 7.72. The first-order valence-corrected chi connectivity index (χ1v) is 7.48. The van der Waals surface area contributed by atoms with E-state index in [1.807, 2.05) is 0 Å². The molecule has 0 spiro atoms. The van der Waals surface area contributed by atoms with Crippen LogP contribution < -0.4 is 5.73 Å². The molecular formula is C15H25N. The SMILES string of the molecule is NC(CC12CC3CC(CC(C3)C1)C2)C1CC1. The molecule has 0 amide bonds. The van der Waals surface area contributed by atoms with E-state index in [2.05, 4.69) is 0 Å². The molecule has 5 aliphatic rings. The van der Waals surface area contributed by atoms with Crippen molar-refractivity contribution >= 4 is 0 Å². The number of hydrogen-bond acceptors (Lipinski definition) is 1. The molecule has 5 saturated carbocycles. The second kappa shape index (κ2) is 3.25. The summed E-state index contributed by atoms with van der Waals surface area (Å²) in [6.45, 7) is 0. The number of rotatable bonds is 3. The molecule has 0 aromatic heterocycles. The fraction of sp³-hybridized carbons (Fsp3) is 1.00. The van der Waals surface area contributed by atoms with Crippen molar-refractivity contribution in [2.75, 3.05) is 0 Å². The van der Waals surface area contributed by atoms with Crippen LogP contribution in [0.25, 0.3) is 0 Å². The van der Waals surface area contributed by atoms with Crippen LogP contribution in [0.1, 0.15) is 57.8 Å². The van der Waals surface area contributed by atoms with Crippen molar-refractivity contribution in [3.63, 3.8) is 0 Å². The quantitative estimate of drug-likeness (QED) is 0.774. The lowest BCUT2D eigenvalue weighted by Crippen LogP contribution is -2.48. The summed E-state index contributed by atoms with van der Waals surface area (Å²) in [7, 11) is 0. The molecule has 1 nitrogen and oxygen atoms in total. The second-order valence-corrected chi connectivity index (χ2v) is 7.62. The predicted molar refractivity (Wildman–Crippen MR) is 65.9 cm³/mol. The van der Waals surface area contributed by atoms with Crippen molar-refractivity contribution in [1.82, 2.24) is 0 Å². The van der Waals surface area contributed by atoms with Gasteiger partial charge in [-0.15, -0.1) is 0 Å². The molecule has 5 aliphatic carbocycles. The third kappa shape index (κ3) is 1.54. The Kier molecular flexibility index (Phi) is 2.02. The molecule has 2 N–H and O–H groups in total. The Labute approximate surface area is 99.2 Å². The molecular weight excluding hydrogens is 194 g/mol. The van der Waals surface area contributed by atoms with Gasteiger partial charge < -0.3 is 5.73 Å². The van der Waals surface area contributed by atoms with E-state index in [1.54, 1.807) is 38.5 Å². The van der Waals surface area contributed by atoms with Crippen molar-refractivity contribution in [3.05, 3.63) is 0 Å². The van der Waals surface area contributed by atoms with Gasteiger partial charge in [-0.3, -0.25) is 0 Å². The smallest absolute Gasteiger partial charge is 0.00724 e. The molecule has 5 rings (SSSR count). The molecule has 0 radical (unpaired) electrons. The van der Waals surface area contributed by atoms with Gasteiger partial charge in [0, 0.05) is 6.04 Å². The topological polar surface area (TPSA) is 26.0 Å². The predicted octanol–water partition coefficient (Wildman–Crippen LogP) is 3.33. The normalized spacial score (nSPS) is 51.9. The van der Waals surface area contributed by atoms with E-state index in [4.69, 9.17) is 5.73 Å². The summed E-state index contributed by atoms with van der Waals surface area (Å²) < 4.78 is 0. The van der Waals surface area contributed by atoms with Crippen LogP contribution in [0.5, 0.6) is 0 Å². The summed E-state index contributed by atoms with van der Waals surface area (Å²) >= 11 is 0. The summed E-state index contributed by atoms with van der Waals surface area (Å²) in [4.78, 5) is 0. The minimum Gasteiger partial charge on any atom is -0.327 e. The molecule has 1 atom stereocenters. The van der Waals surface area contributed by atoms with Gasteiger partial charge in [-0.05, 0) is 86.9 Å². The summed E-state index contributed by atoms with van der Waals surface area (Å²) in [5.74, 6) is 4.20. The summed E-state index contributed by atoms with van der Waals surface area (Å²) in [5, 5.41) is 0. The van der Waals surface area contributed by atoms with Crippen molar-refractivity contribution in [3.8, 4) is 0 Å². The largest absolute Gasteiger partial charge is 0.327 e. The van der Waals surface area contributed by atoms with Gasteiger partial charge in [-0.1, -0.05) is 0 Å². The molecule has 90 valence electrons. The van der Waals surface area contributed by atoms with Crippen LogP contribution in [0, 0.1) is 29.1 Å². The molecule has 0 aromatic carbocycles. The highest BCUT2D eigenvalue weighted by Gasteiger charge is 2.51. The standard InChI is InChI=1S/C15H25N/c16-14(13-1-2-13)9-15-6-10-3-11(7-15)5-12(4-10)8-15/h10-14H,1-9,16H2. The Morgan fingerprint density at radius 3 is 1.88 bits per heavy atom.